The van der Waals surface area contributed by atoms with Gasteiger partial charge in [-0.15, -0.1) is 0 Å². The van der Waals surface area contributed by atoms with Gasteiger partial charge >= 0.3 is 5.97 Å². The van der Waals surface area contributed by atoms with Crippen LogP contribution < -0.4 is 0 Å². The fourth-order valence-electron chi connectivity index (χ4n) is 2.30. The number of benzene rings is 2. The van der Waals surface area contributed by atoms with Crippen LogP contribution >= 0.6 is 0 Å². The molecule has 1 unspecified atom stereocenters. The molecule has 0 spiro atoms. The Bertz CT molecular complexity index is 809. The number of esters is 1. The highest BCUT2D eigenvalue weighted by atomic mass is 19.1. The number of para-hydroxylation sites is 1. The maximum Gasteiger partial charge on any atom is 0.339 e. The van der Waals surface area contributed by atoms with Crippen molar-refractivity contribution in [2.75, 3.05) is 0 Å². The van der Waals surface area contributed by atoms with E-state index in [-0.39, 0.29) is 5.82 Å². The lowest BCUT2D eigenvalue weighted by molar-refractivity contribution is 0.0340. The molecule has 0 radical (unpaired) electrons. The molecule has 4 heteroatoms. The van der Waals surface area contributed by atoms with Gasteiger partial charge in [-0.2, -0.15) is 0 Å². The largest absolute Gasteiger partial charge is 0.454 e. The van der Waals surface area contributed by atoms with Gasteiger partial charge in [-0.05, 0) is 36.8 Å². The van der Waals surface area contributed by atoms with E-state index in [9.17, 15) is 9.18 Å². The summed E-state index contributed by atoms with van der Waals surface area (Å²) >= 11 is 0. The summed E-state index contributed by atoms with van der Waals surface area (Å²) < 4.78 is 18.4. The van der Waals surface area contributed by atoms with Crippen LogP contribution in [0.15, 0.2) is 60.8 Å². The van der Waals surface area contributed by atoms with E-state index in [1.165, 1.54) is 12.1 Å². The summed E-state index contributed by atoms with van der Waals surface area (Å²) in [7, 11) is 0. The summed E-state index contributed by atoms with van der Waals surface area (Å²) in [6.07, 6.45) is 1.13. The zero-order chi connectivity index (χ0) is 15.5. The Labute approximate surface area is 127 Å². The Hall–Kier alpha value is -2.75. The lowest BCUT2D eigenvalue weighted by Gasteiger charge is -2.14. The molecule has 1 aromatic heterocycles. The molecule has 3 nitrogen and oxygen atoms in total. The molecule has 0 amide bonds. The quantitative estimate of drug-likeness (QED) is 0.677. The molecule has 3 rings (SSSR count). The van der Waals surface area contributed by atoms with Crippen molar-refractivity contribution in [3.63, 3.8) is 0 Å². The summed E-state index contributed by atoms with van der Waals surface area (Å²) in [5, 5.41) is 0.751. The topological polar surface area (TPSA) is 39.2 Å². The highest BCUT2D eigenvalue weighted by Crippen LogP contribution is 2.22. The average molecular weight is 295 g/mol. The number of aromatic nitrogens is 1. The van der Waals surface area contributed by atoms with Gasteiger partial charge in [-0.1, -0.05) is 30.3 Å². The Morgan fingerprint density at radius 1 is 1.09 bits per heavy atom. The smallest absolute Gasteiger partial charge is 0.339 e. The van der Waals surface area contributed by atoms with Crippen molar-refractivity contribution in [2.45, 2.75) is 13.0 Å². The molecular formula is C18H14FNO2. The van der Waals surface area contributed by atoms with Crippen molar-refractivity contribution < 1.29 is 13.9 Å². The van der Waals surface area contributed by atoms with Gasteiger partial charge in [0.1, 0.15) is 11.9 Å². The van der Waals surface area contributed by atoms with Crippen molar-refractivity contribution in [1.29, 1.82) is 0 Å². The van der Waals surface area contributed by atoms with Gasteiger partial charge in [0.2, 0.25) is 0 Å². The van der Waals surface area contributed by atoms with Crippen LogP contribution in [-0.2, 0) is 4.74 Å². The normalized spacial score (nSPS) is 12.1. The zero-order valence-electron chi connectivity index (χ0n) is 12.0. The molecule has 1 atom stereocenters. The van der Waals surface area contributed by atoms with Crippen molar-refractivity contribution in [3.8, 4) is 0 Å². The molecule has 0 N–H and O–H groups in total. The second-order valence-corrected chi connectivity index (χ2v) is 4.97. The number of pyridine rings is 1. The molecule has 0 saturated carbocycles. The van der Waals surface area contributed by atoms with Crippen LogP contribution in [0.25, 0.3) is 10.9 Å². The van der Waals surface area contributed by atoms with Crippen molar-refractivity contribution >= 4 is 16.9 Å². The van der Waals surface area contributed by atoms with E-state index in [4.69, 9.17) is 4.74 Å². The van der Waals surface area contributed by atoms with E-state index in [2.05, 4.69) is 4.98 Å². The first kappa shape index (κ1) is 14.2. The zero-order valence-corrected chi connectivity index (χ0v) is 12.0. The summed E-state index contributed by atoms with van der Waals surface area (Å²) in [5.74, 6) is -0.738. The highest BCUT2D eigenvalue weighted by molar-refractivity contribution is 6.03. The van der Waals surface area contributed by atoms with Gasteiger partial charge < -0.3 is 4.74 Å². The van der Waals surface area contributed by atoms with Crippen LogP contribution in [0.3, 0.4) is 0 Å². The van der Waals surface area contributed by atoms with Crippen LogP contribution in [0, 0.1) is 5.82 Å². The Balaban J connectivity index is 1.85. The molecule has 0 aliphatic rings. The number of rotatable bonds is 3. The monoisotopic (exact) mass is 295 g/mol. The van der Waals surface area contributed by atoms with Gasteiger partial charge in [-0.25, -0.2) is 9.18 Å². The van der Waals surface area contributed by atoms with Crippen LogP contribution in [-0.4, -0.2) is 11.0 Å². The molecule has 0 fully saturated rings. The molecule has 0 aliphatic carbocycles. The first-order chi connectivity index (χ1) is 10.6. The second-order valence-electron chi connectivity index (χ2n) is 4.97. The fourth-order valence-corrected chi connectivity index (χ4v) is 2.30. The van der Waals surface area contributed by atoms with Crippen molar-refractivity contribution in [1.82, 2.24) is 4.98 Å². The maximum absolute atomic E-state index is 12.9. The summed E-state index contributed by atoms with van der Waals surface area (Å²) in [4.78, 5) is 16.6. The molecular weight excluding hydrogens is 281 g/mol. The van der Waals surface area contributed by atoms with Gasteiger partial charge in [0.05, 0.1) is 11.1 Å². The van der Waals surface area contributed by atoms with Gasteiger partial charge in [0.15, 0.2) is 0 Å². The third-order valence-corrected chi connectivity index (χ3v) is 3.49. The molecule has 2 aromatic carbocycles. The number of ether oxygens (including phenoxy) is 1. The number of fused-ring (bicyclic) bond motifs is 1. The SMILES string of the molecule is CC(OC(=O)c1ccnc2ccccc12)c1ccc(F)cc1. The van der Waals surface area contributed by atoms with Gasteiger partial charge in [0.25, 0.3) is 0 Å². The second kappa shape index (κ2) is 5.93. The van der Waals surface area contributed by atoms with Gasteiger partial charge in [-0.3, -0.25) is 4.98 Å². The predicted octanol–water partition coefficient (Wildman–Crippen LogP) is 4.29. The summed E-state index contributed by atoms with van der Waals surface area (Å²) in [5.41, 5.74) is 1.96. The minimum atomic E-state index is -0.458. The van der Waals surface area contributed by atoms with E-state index in [0.29, 0.717) is 5.56 Å². The lowest BCUT2D eigenvalue weighted by atomic mass is 10.1. The molecule has 0 aliphatic heterocycles. The molecule has 0 saturated heterocycles. The summed E-state index contributed by atoms with van der Waals surface area (Å²) in [6, 6.07) is 15.0. The first-order valence-electron chi connectivity index (χ1n) is 6.95. The number of hydrogen-bond acceptors (Lipinski definition) is 3. The maximum atomic E-state index is 12.9. The highest BCUT2D eigenvalue weighted by Gasteiger charge is 2.16. The minimum absolute atomic E-state index is 0.317. The first-order valence-corrected chi connectivity index (χ1v) is 6.95. The molecule has 3 aromatic rings. The Morgan fingerprint density at radius 3 is 2.59 bits per heavy atom. The fraction of sp³-hybridized carbons (Fsp3) is 0.111. The van der Waals surface area contributed by atoms with Crippen molar-refractivity contribution in [2.24, 2.45) is 0 Å². The predicted molar refractivity (Wildman–Crippen MR) is 82.0 cm³/mol. The lowest BCUT2D eigenvalue weighted by Crippen LogP contribution is -2.10. The Kier molecular flexibility index (Phi) is 3.83. The molecule has 0 bridgehead atoms. The van der Waals surface area contributed by atoms with Crippen LogP contribution in [0.4, 0.5) is 4.39 Å². The van der Waals surface area contributed by atoms with E-state index >= 15 is 0 Å². The number of carbonyl (C=O) groups is 1. The van der Waals surface area contributed by atoms with E-state index in [1.807, 2.05) is 24.3 Å². The van der Waals surface area contributed by atoms with Crippen molar-refractivity contribution in [3.05, 3.63) is 77.7 Å². The third kappa shape index (κ3) is 2.81. The number of halogens is 1. The van der Waals surface area contributed by atoms with Crippen LogP contribution in [0.5, 0.6) is 0 Å². The number of nitrogens with zero attached hydrogens (tertiary/aromatic N) is 1. The molecule has 1 heterocycles. The number of carbonyl (C=O) groups excluding carboxylic acids is 1. The standard InChI is InChI=1S/C18H14FNO2/c1-12(13-6-8-14(19)9-7-13)22-18(21)16-10-11-20-17-5-3-2-4-15(16)17/h2-12H,1H3. The summed E-state index contributed by atoms with van der Waals surface area (Å²) in [6.45, 7) is 1.76. The number of hydrogen-bond donors (Lipinski definition) is 0. The molecule has 22 heavy (non-hydrogen) atoms. The molecule has 110 valence electrons. The Morgan fingerprint density at radius 2 is 1.82 bits per heavy atom. The van der Waals surface area contributed by atoms with E-state index in [1.54, 1.807) is 31.3 Å². The minimum Gasteiger partial charge on any atom is -0.454 e. The van der Waals surface area contributed by atoms with E-state index < -0.39 is 12.1 Å². The average Bonchev–Trinajstić information content (AvgIpc) is 2.54. The van der Waals surface area contributed by atoms with E-state index in [0.717, 1.165) is 16.5 Å². The van der Waals surface area contributed by atoms with Gasteiger partial charge in [0, 0.05) is 11.6 Å². The third-order valence-electron chi connectivity index (χ3n) is 3.49. The van der Waals surface area contributed by atoms with Crippen LogP contribution in [0.2, 0.25) is 0 Å². The van der Waals surface area contributed by atoms with Crippen LogP contribution in [0.1, 0.15) is 28.9 Å².